The fraction of sp³-hybridized carbons (Fsp3) is 0.550. The van der Waals surface area contributed by atoms with E-state index in [0.717, 1.165) is 48.1 Å². The van der Waals surface area contributed by atoms with E-state index in [-0.39, 0.29) is 30.0 Å². The van der Waals surface area contributed by atoms with E-state index in [2.05, 4.69) is 73.0 Å². The Morgan fingerprint density at radius 3 is 2.61 bits per heavy atom. The molecular formula is C20H31BrIN5O. The smallest absolute Gasteiger partial charge is 0.193 e. The summed E-state index contributed by atoms with van der Waals surface area (Å²) in [5.74, 6) is 2.89. The molecule has 3 rings (SSSR count). The maximum Gasteiger partial charge on any atom is 0.193 e. The van der Waals surface area contributed by atoms with Crippen molar-refractivity contribution in [2.24, 2.45) is 12.0 Å². The summed E-state index contributed by atoms with van der Waals surface area (Å²) in [6, 6.07) is 6.53. The highest BCUT2D eigenvalue weighted by Crippen LogP contribution is 2.26. The van der Waals surface area contributed by atoms with Crippen LogP contribution in [0.25, 0.3) is 0 Å². The van der Waals surface area contributed by atoms with Gasteiger partial charge in [-0.05, 0) is 67.0 Å². The number of nitrogens with one attached hydrogen (secondary N) is 1. The molecule has 1 fully saturated rings. The molecule has 0 saturated carbocycles. The summed E-state index contributed by atoms with van der Waals surface area (Å²) in [6.07, 6.45) is 4.59. The van der Waals surface area contributed by atoms with Crippen molar-refractivity contribution in [3.05, 3.63) is 46.1 Å². The number of likely N-dealkylation sites (tertiary alicyclic amines) is 1. The minimum Gasteiger partial charge on any atom is -0.465 e. The molecule has 2 aromatic rings. The van der Waals surface area contributed by atoms with Gasteiger partial charge in [0.1, 0.15) is 11.5 Å². The SMILES string of the molecule is CN=C(NCC(c1ccc(C)o1)N1CCCC1)N(C)Cc1cc(Br)cn1C.I. The summed E-state index contributed by atoms with van der Waals surface area (Å²) in [4.78, 5) is 9.14. The highest BCUT2D eigenvalue weighted by atomic mass is 127. The van der Waals surface area contributed by atoms with E-state index in [1.807, 2.05) is 20.0 Å². The lowest BCUT2D eigenvalue weighted by Gasteiger charge is -2.29. The maximum absolute atomic E-state index is 5.95. The molecule has 0 aliphatic carbocycles. The van der Waals surface area contributed by atoms with Gasteiger partial charge in [-0.3, -0.25) is 9.89 Å². The molecule has 2 aromatic heterocycles. The lowest BCUT2D eigenvalue weighted by Crippen LogP contribution is -2.43. The molecule has 28 heavy (non-hydrogen) atoms. The number of aromatic nitrogens is 1. The first-order chi connectivity index (χ1) is 13.0. The molecule has 8 heteroatoms. The van der Waals surface area contributed by atoms with Crippen LogP contribution >= 0.6 is 39.9 Å². The van der Waals surface area contributed by atoms with Crippen LogP contribution in [0.2, 0.25) is 0 Å². The number of rotatable bonds is 6. The summed E-state index contributed by atoms with van der Waals surface area (Å²) >= 11 is 3.54. The molecule has 0 spiro atoms. The highest BCUT2D eigenvalue weighted by Gasteiger charge is 2.26. The van der Waals surface area contributed by atoms with Crippen molar-refractivity contribution in [2.45, 2.75) is 32.4 Å². The Balaban J connectivity index is 0.00000280. The highest BCUT2D eigenvalue weighted by molar-refractivity contribution is 14.0. The van der Waals surface area contributed by atoms with Crippen molar-refractivity contribution < 1.29 is 4.42 Å². The molecule has 1 N–H and O–H groups in total. The zero-order valence-corrected chi connectivity index (χ0v) is 21.0. The molecule has 1 saturated heterocycles. The van der Waals surface area contributed by atoms with Crippen LogP contribution < -0.4 is 5.32 Å². The fourth-order valence-electron chi connectivity index (χ4n) is 3.71. The number of nitrogens with zero attached hydrogens (tertiary/aromatic N) is 4. The van der Waals surface area contributed by atoms with Gasteiger partial charge >= 0.3 is 0 Å². The molecule has 0 bridgehead atoms. The molecule has 0 radical (unpaired) electrons. The Hall–Kier alpha value is -1.000. The number of furan rings is 1. The van der Waals surface area contributed by atoms with Crippen LogP contribution in [0.1, 0.15) is 36.1 Å². The van der Waals surface area contributed by atoms with Crippen LogP contribution in [-0.4, -0.2) is 54.1 Å². The first-order valence-electron chi connectivity index (χ1n) is 9.51. The Kier molecular flexibility index (Phi) is 8.88. The van der Waals surface area contributed by atoms with Crippen molar-refractivity contribution in [3.63, 3.8) is 0 Å². The lowest BCUT2D eigenvalue weighted by molar-refractivity contribution is 0.212. The number of hydrogen-bond acceptors (Lipinski definition) is 3. The molecule has 1 atom stereocenters. The van der Waals surface area contributed by atoms with Crippen LogP contribution in [0.3, 0.4) is 0 Å². The summed E-state index contributed by atoms with van der Waals surface area (Å²) in [5, 5.41) is 3.55. The van der Waals surface area contributed by atoms with Crippen LogP contribution in [0, 0.1) is 6.92 Å². The summed E-state index contributed by atoms with van der Waals surface area (Å²) in [6.45, 7) is 5.81. The minimum absolute atomic E-state index is 0. The second-order valence-corrected chi connectivity index (χ2v) is 8.17. The van der Waals surface area contributed by atoms with E-state index in [1.54, 1.807) is 0 Å². The van der Waals surface area contributed by atoms with E-state index in [0.29, 0.717) is 0 Å². The van der Waals surface area contributed by atoms with Crippen LogP contribution in [-0.2, 0) is 13.6 Å². The Labute approximate surface area is 193 Å². The largest absolute Gasteiger partial charge is 0.465 e. The zero-order valence-electron chi connectivity index (χ0n) is 17.1. The quantitative estimate of drug-likeness (QED) is 0.326. The summed E-state index contributed by atoms with van der Waals surface area (Å²) in [5.41, 5.74) is 1.23. The third kappa shape index (κ3) is 5.76. The first kappa shape index (κ1) is 23.3. The van der Waals surface area contributed by atoms with Gasteiger partial charge < -0.3 is 19.2 Å². The first-order valence-corrected chi connectivity index (χ1v) is 10.3. The normalized spacial score (nSPS) is 16.1. The number of aryl methyl sites for hydroxylation is 2. The molecule has 0 amide bonds. The molecular weight excluding hydrogens is 533 g/mol. The van der Waals surface area contributed by atoms with Crippen molar-refractivity contribution in [2.75, 3.05) is 33.7 Å². The average molecular weight is 564 g/mol. The van der Waals surface area contributed by atoms with Crippen molar-refractivity contribution >= 4 is 45.9 Å². The van der Waals surface area contributed by atoms with E-state index in [9.17, 15) is 0 Å². The number of halogens is 2. The second kappa shape index (κ2) is 10.7. The van der Waals surface area contributed by atoms with Gasteiger partial charge in [0.05, 0.1) is 12.6 Å². The average Bonchev–Trinajstić information content (AvgIpc) is 3.35. The van der Waals surface area contributed by atoms with Gasteiger partial charge in [-0.1, -0.05) is 0 Å². The number of hydrogen-bond donors (Lipinski definition) is 1. The van der Waals surface area contributed by atoms with Gasteiger partial charge in [0.15, 0.2) is 5.96 Å². The van der Waals surface area contributed by atoms with Crippen LogP contribution in [0.4, 0.5) is 0 Å². The minimum atomic E-state index is 0. The Morgan fingerprint density at radius 1 is 1.36 bits per heavy atom. The predicted molar refractivity (Wildman–Crippen MR) is 128 cm³/mol. The second-order valence-electron chi connectivity index (χ2n) is 7.25. The van der Waals surface area contributed by atoms with Gasteiger partial charge in [0.2, 0.25) is 0 Å². The van der Waals surface area contributed by atoms with Gasteiger partial charge in [0.25, 0.3) is 0 Å². The Bertz CT molecular complexity index is 781. The molecule has 6 nitrogen and oxygen atoms in total. The summed E-state index contributed by atoms with van der Waals surface area (Å²) < 4.78 is 9.18. The third-order valence-corrected chi connectivity index (χ3v) is 5.61. The van der Waals surface area contributed by atoms with Gasteiger partial charge in [0, 0.05) is 44.1 Å². The number of guanidine groups is 1. The van der Waals surface area contributed by atoms with Crippen molar-refractivity contribution in [1.29, 1.82) is 0 Å². The summed E-state index contributed by atoms with van der Waals surface area (Å²) in [7, 11) is 5.96. The molecule has 0 aromatic carbocycles. The standard InChI is InChI=1S/C20H30BrN5O.HI/c1-15-7-8-19(27-15)18(26-9-5-6-10-26)12-23-20(22-2)25(4)14-17-11-16(21)13-24(17)3;/h7-8,11,13,18H,5-6,9-10,12,14H2,1-4H3,(H,22,23);1H. The molecule has 1 unspecified atom stereocenters. The Morgan fingerprint density at radius 2 is 2.07 bits per heavy atom. The van der Waals surface area contributed by atoms with Gasteiger partial charge in [-0.25, -0.2) is 0 Å². The van der Waals surface area contributed by atoms with Crippen molar-refractivity contribution in [3.8, 4) is 0 Å². The molecule has 3 heterocycles. The predicted octanol–water partition coefficient (Wildman–Crippen LogP) is 4.15. The molecule has 156 valence electrons. The van der Waals surface area contributed by atoms with Gasteiger partial charge in [-0.2, -0.15) is 0 Å². The fourth-order valence-corrected chi connectivity index (χ4v) is 4.28. The van der Waals surface area contributed by atoms with E-state index >= 15 is 0 Å². The van der Waals surface area contributed by atoms with Crippen LogP contribution in [0.5, 0.6) is 0 Å². The monoisotopic (exact) mass is 563 g/mol. The zero-order chi connectivity index (χ0) is 19.4. The van der Waals surface area contributed by atoms with Gasteiger partial charge in [-0.15, -0.1) is 24.0 Å². The molecule has 1 aliphatic heterocycles. The van der Waals surface area contributed by atoms with E-state index in [4.69, 9.17) is 4.42 Å². The third-order valence-electron chi connectivity index (χ3n) is 5.17. The topological polar surface area (TPSA) is 48.9 Å². The molecule has 1 aliphatic rings. The lowest BCUT2D eigenvalue weighted by atomic mass is 10.2. The van der Waals surface area contributed by atoms with E-state index in [1.165, 1.54) is 18.5 Å². The maximum atomic E-state index is 5.95. The number of aliphatic imine (C=N–C) groups is 1. The van der Waals surface area contributed by atoms with Crippen LogP contribution in [0.15, 0.2) is 38.3 Å². The van der Waals surface area contributed by atoms with E-state index < -0.39 is 0 Å². The van der Waals surface area contributed by atoms with Crippen molar-refractivity contribution in [1.82, 2.24) is 19.7 Å².